The number of carbonyl (C=O) groups is 1. The van der Waals surface area contributed by atoms with Crippen molar-refractivity contribution in [2.75, 3.05) is 6.54 Å². The molecule has 0 saturated heterocycles. The van der Waals surface area contributed by atoms with Gasteiger partial charge in [-0.1, -0.05) is 47.6 Å². The van der Waals surface area contributed by atoms with Gasteiger partial charge < -0.3 is 9.84 Å². The summed E-state index contributed by atoms with van der Waals surface area (Å²) in [6, 6.07) is 15.5. The second-order valence-corrected chi connectivity index (χ2v) is 6.27. The van der Waals surface area contributed by atoms with Gasteiger partial charge in [0.1, 0.15) is 5.52 Å². The van der Waals surface area contributed by atoms with Gasteiger partial charge in [-0.2, -0.15) is 0 Å². The van der Waals surface area contributed by atoms with Gasteiger partial charge in [-0.3, -0.25) is 4.79 Å². The number of rotatable bonds is 5. The van der Waals surface area contributed by atoms with Crippen molar-refractivity contribution in [1.29, 1.82) is 0 Å². The third-order valence-electron chi connectivity index (χ3n) is 4.39. The Hall–Kier alpha value is -3.48. The number of fused-ring (bicyclic) bond motifs is 1. The van der Waals surface area contributed by atoms with Gasteiger partial charge in [-0.15, -0.1) is 5.10 Å². The van der Waals surface area contributed by atoms with E-state index >= 15 is 0 Å². The highest BCUT2D eigenvalue weighted by molar-refractivity contribution is 5.94. The van der Waals surface area contributed by atoms with Crippen LogP contribution in [0, 0.1) is 6.92 Å². The van der Waals surface area contributed by atoms with Crippen LogP contribution in [-0.4, -0.2) is 32.6 Å². The Morgan fingerprint density at radius 2 is 2.00 bits per heavy atom. The van der Waals surface area contributed by atoms with E-state index < -0.39 is 0 Å². The summed E-state index contributed by atoms with van der Waals surface area (Å²) in [5.74, 6) is 0.489. The highest BCUT2D eigenvalue weighted by atomic mass is 16.5. The van der Waals surface area contributed by atoms with E-state index in [1.807, 2.05) is 62.4 Å². The maximum atomic E-state index is 12.2. The molecule has 0 aliphatic heterocycles. The van der Waals surface area contributed by atoms with E-state index in [0.717, 1.165) is 28.6 Å². The summed E-state index contributed by atoms with van der Waals surface area (Å²) in [5, 5.41) is 16.1. The third-order valence-corrected chi connectivity index (χ3v) is 4.39. The van der Waals surface area contributed by atoms with Crippen LogP contribution in [0.5, 0.6) is 0 Å². The van der Waals surface area contributed by atoms with Crippen LogP contribution in [-0.2, 0) is 0 Å². The van der Waals surface area contributed by atoms with Crippen LogP contribution in [0.15, 0.2) is 53.1 Å². The smallest absolute Gasteiger partial charge is 0.273 e. The van der Waals surface area contributed by atoms with Crippen LogP contribution < -0.4 is 5.32 Å². The molecule has 27 heavy (non-hydrogen) atoms. The highest BCUT2D eigenvalue weighted by Crippen LogP contribution is 2.30. The fourth-order valence-electron chi connectivity index (χ4n) is 2.97. The molecule has 0 atom stereocenters. The lowest BCUT2D eigenvalue weighted by Gasteiger charge is -2.05. The SMILES string of the molecule is CCCNC(=O)c1nnn(-c2ccc3noc(-c4ccccc4)c3c2)c1C. The zero-order valence-corrected chi connectivity index (χ0v) is 15.1. The Morgan fingerprint density at radius 3 is 2.78 bits per heavy atom. The van der Waals surface area contributed by atoms with Crippen LogP contribution >= 0.6 is 0 Å². The lowest BCUT2D eigenvalue weighted by Crippen LogP contribution is -2.25. The second-order valence-electron chi connectivity index (χ2n) is 6.27. The molecule has 0 radical (unpaired) electrons. The summed E-state index contributed by atoms with van der Waals surface area (Å²) < 4.78 is 7.21. The monoisotopic (exact) mass is 361 g/mol. The zero-order chi connectivity index (χ0) is 18.8. The first-order valence-electron chi connectivity index (χ1n) is 8.84. The van der Waals surface area contributed by atoms with E-state index in [9.17, 15) is 4.79 Å². The van der Waals surface area contributed by atoms with Gasteiger partial charge in [0.05, 0.1) is 16.8 Å². The van der Waals surface area contributed by atoms with E-state index in [2.05, 4.69) is 20.8 Å². The summed E-state index contributed by atoms with van der Waals surface area (Å²) in [5.41, 5.74) is 3.52. The summed E-state index contributed by atoms with van der Waals surface area (Å²) in [6.07, 6.45) is 0.866. The van der Waals surface area contributed by atoms with Crippen molar-refractivity contribution >= 4 is 16.8 Å². The van der Waals surface area contributed by atoms with Crippen molar-refractivity contribution in [1.82, 2.24) is 25.5 Å². The molecule has 4 aromatic rings. The largest absolute Gasteiger partial charge is 0.355 e. The van der Waals surface area contributed by atoms with E-state index in [1.54, 1.807) is 4.68 Å². The molecule has 4 rings (SSSR count). The molecule has 7 heteroatoms. The molecular formula is C20H19N5O2. The topological polar surface area (TPSA) is 85.8 Å². The average Bonchev–Trinajstić information content (AvgIpc) is 3.29. The number of carbonyl (C=O) groups excluding carboxylic acids is 1. The highest BCUT2D eigenvalue weighted by Gasteiger charge is 2.18. The van der Waals surface area contributed by atoms with Gasteiger partial charge in [0.25, 0.3) is 5.91 Å². The standard InChI is InChI=1S/C20H19N5O2/c1-3-11-21-20(26)18-13(2)25(24-22-18)15-9-10-17-16(12-15)19(27-23-17)14-7-5-4-6-8-14/h4-10,12H,3,11H2,1-2H3,(H,21,26). The minimum Gasteiger partial charge on any atom is -0.355 e. The number of hydrogen-bond donors (Lipinski definition) is 1. The van der Waals surface area contributed by atoms with Crippen LogP contribution in [0.2, 0.25) is 0 Å². The molecule has 0 bridgehead atoms. The minimum atomic E-state index is -0.211. The predicted octanol–water partition coefficient (Wildman–Crippen LogP) is 3.52. The number of nitrogens with one attached hydrogen (secondary N) is 1. The molecule has 0 fully saturated rings. The maximum absolute atomic E-state index is 12.2. The van der Waals surface area contributed by atoms with E-state index in [1.165, 1.54) is 0 Å². The third kappa shape index (κ3) is 3.08. The molecule has 2 aromatic carbocycles. The van der Waals surface area contributed by atoms with Crippen LogP contribution in [0.4, 0.5) is 0 Å². The molecular weight excluding hydrogens is 342 g/mol. The number of amides is 1. The van der Waals surface area contributed by atoms with Crippen molar-refractivity contribution in [3.05, 3.63) is 59.9 Å². The fourth-order valence-corrected chi connectivity index (χ4v) is 2.97. The molecule has 0 aliphatic carbocycles. The van der Waals surface area contributed by atoms with Crippen molar-refractivity contribution in [2.45, 2.75) is 20.3 Å². The predicted molar refractivity (Wildman–Crippen MR) is 102 cm³/mol. The summed E-state index contributed by atoms with van der Waals surface area (Å²) in [7, 11) is 0. The summed E-state index contributed by atoms with van der Waals surface area (Å²) in [4.78, 5) is 12.2. The number of nitrogens with zero attached hydrogens (tertiary/aromatic N) is 4. The average molecular weight is 361 g/mol. The van der Waals surface area contributed by atoms with E-state index in [-0.39, 0.29) is 5.91 Å². The molecule has 2 heterocycles. The van der Waals surface area contributed by atoms with Crippen LogP contribution in [0.1, 0.15) is 29.5 Å². The minimum absolute atomic E-state index is 0.211. The van der Waals surface area contributed by atoms with Gasteiger partial charge in [-0.25, -0.2) is 4.68 Å². The fraction of sp³-hybridized carbons (Fsp3) is 0.200. The van der Waals surface area contributed by atoms with Crippen molar-refractivity contribution < 1.29 is 9.32 Å². The van der Waals surface area contributed by atoms with Crippen molar-refractivity contribution in [3.63, 3.8) is 0 Å². The number of benzene rings is 2. The molecule has 2 aromatic heterocycles. The molecule has 7 nitrogen and oxygen atoms in total. The number of hydrogen-bond acceptors (Lipinski definition) is 5. The van der Waals surface area contributed by atoms with Crippen molar-refractivity contribution in [3.8, 4) is 17.0 Å². The Kier molecular flexibility index (Phi) is 4.42. The molecule has 1 amide bonds. The van der Waals surface area contributed by atoms with Gasteiger partial charge in [0, 0.05) is 12.1 Å². The zero-order valence-electron chi connectivity index (χ0n) is 15.1. The Bertz CT molecular complexity index is 1100. The normalized spacial score (nSPS) is 11.0. The first-order valence-corrected chi connectivity index (χ1v) is 8.84. The summed E-state index contributed by atoms with van der Waals surface area (Å²) >= 11 is 0. The quantitative estimate of drug-likeness (QED) is 0.588. The molecule has 1 N–H and O–H groups in total. The van der Waals surface area contributed by atoms with Gasteiger partial charge >= 0.3 is 0 Å². The van der Waals surface area contributed by atoms with Gasteiger partial charge in [-0.05, 0) is 31.5 Å². The molecule has 136 valence electrons. The number of aromatic nitrogens is 4. The molecule has 0 spiro atoms. The first-order chi connectivity index (χ1) is 13.2. The second kappa shape index (κ2) is 7.03. The van der Waals surface area contributed by atoms with Crippen LogP contribution in [0.25, 0.3) is 27.9 Å². The van der Waals surface area contributed by atoms with Crippen LogP contribution in [0.3, 0.4) is 0 Å². The summed E-state index contributed by atoms with van der Waals surface area (Å²) in [6.45, 7) is 4.44. The first kappa shape index (κ1) is 17.0. The van der Waals surface area contributed by atoms with Gasteiger partial charge in [0.2, 0.25) is 0 Å². The van der Waals surface area contributed by atoms with E-state index in [0.29, 0.717) is 23.7 Å². The Balaban J connectivity index is 1.75. The molecule has 0 saturated carbocycles. The maximum Gasteiger partial charge on any atom is 0.273 e. The Morgan fingerprint density at radius 1 is 1.19 bits per heavy atom. The lowest BCUT2D eigenvalue weighted by atomic mass is 10.1. The van der Waals surface area contributed by atoms with Crippen molar-refractivity contribution in [2.24, 2.45) is 0 Å². The Labute approximate surface area is 156 Å². The van der Waals surface area contributed by atoms with E-state index in [4.69, 9.17) is 4.52 Å². The molecule has 0 unspecified atom stereocenters. The van der Waals surface area contributed by atoms with Gasteiger partial charge in [0.15, 0.2) is 11.5 Å². The lowest BCUT2D eigenvalue weighted by molar-refractivity contribution is 0.0948. The molecule has 0 aliphatic rings.